The van der Waals surface area contributed by atoms with Crippen LogP contribution in [-0.4, -0.2) is 12.8 Å². The minimum atomic E-state index is -0.346. The molecule has 4 rings (SSSR count). The van der Waals surface area contributed by atoms with Gasteiger partial charge < -0.3 is 14.2 Å². The van der Waals surface area contributed by atoms with Crippen molar-refractivity contribution in [3.63, 3.8) is 0 Å². The Hall–Kier alpha value is -3.01. The van der Waals surface area contributed by atoms with Crippen LogP contribution in [0.4, 0.5) is 0 Å². The van der Waals surface area contributed by atoms with Crippen molar-refractivity contribution in [1.29, 1.82) is 0 Å². The smallest absolute Gasteiger partial charge is 0.343 e. The number of cyclic esters (lactones) is 1. The fourth-order valence-corrected chi connectivity index (χ4v) is 2.71. The lowest BCUT2D eigenvalue weighted by Gasteiger charge is -2.05. The van der Waals surface area contributed by atoms with E-state index in [0.717, 1.165) is 22.4 Å². The first kappa shape index (κ1) is 14.6. The molecule has 0 radical (unpaired) electrons. The van der Waals surface area contributed by atoms with Gasteiger partial charge in [-0.1, -0.05) is 18.2 Å². The third kappa shape index (κ3) is 2.56. The summed E-state index contributed by atoms with van der Waals surface area (Å²) in [6, 6.07) is 11.6. The highest BCUT2D eigenvalue weighted by Gasteiger charge is 2.22. The Morgan fingerprint density at radius 1 is 0.958 bits per heavy atom. The van der Waals surface area contributed by atoms with E-state index in [-0.39, 0.29) is 12.8 Å². The Balaban J connectivity index is 1.67. The zero-order valence-corrected chi connectivity index (χ0v) is 13.5. The summed E-state index contributed by atoms with van der Waals surface area (Å²) in [7, 11) is 0. The van der Waals surface area contributed by atoms with E-state index >= 15 is 0 Å². The lowest BCUT2D eigenvalue weighted by atomic mass is 10.0. The van der Waals surface area contributed by atoms with Crippen molar-refractivity contribution in [1.82, 2.24) is 0 Å². The molecule has 0 spiro atoms. The molecule has 24 heavy (non-hydrogen) atoms. The standard InChI is InChI=1S/C20H16O4/c1-12-3-5-15(7-13(12)2)18-10-16(20(21)24-18)8-14-4-6-17-19(9-14)23-11-22-17/h3-10H,11H2,1-2H3/b16-8+. The Morgan fingerprint density at radius 2 is 1.79 bits per heavy atom. The van der Waals surface area contributed by atoms with Crippen LogP contribution in [0.2, 0.25) is 0 Å². The summed E-state index contributed by atoms with van der Waals surface area (Å²) < 4.78 is 16.1. The van der Waals surface area contributed by atoms with Gasteiger partial charge in [-0.25, -0.2) is 4.79 Å². The van der Waals surface area contributed by atoms with Crippen molar-refractivity contribution in [2.45, 2.75) is 13.8 Å². The summed E-state index contributed by atoms with van der Waals surface area (Å²) >= 11 is 0. The maximum atomic E-state index is 12.1. The summed E-state index contributed by atoms with van der Waals surface area (Å²) in [5.74, 6) is 1.64. The van der Waals surface area contributed by atoms with Gasteiger partial charge in [0.25, 0.3) is 0 Å². The third-order valence-corrected chi connectivity index (χ3v) is 4.24. The molecular formula is C20H16O4. The summed E-state index contributed by atoms with van der Waals surface area (Å²) in [5.41, 5.74) is 4.66. The van der Waals surface area contributed by atoms with Crippen LogP contribution in [0.15, 0.2) is 48.0 Å². The van der Waals surface area contributed by atoms with Crippen LogP contribution in [0, 0.1) is 13.8 Å². The number of carbonyl (C=O) groups excluding carboxylic acids is 1. The fraction of sp³-hybridized carbons (Fsp3) is 0.150. The molecule has 2 heterocycles. The van der Waals surface area contributed by atoms with Gasteiger partial charge in [-0.15, -0.1) is 0 Å². The Bertz CT molecular complexity index is 906. The van der Waals surface area contributed by atoms with Gasteiger partial charge >= 0.3 is 5.97 Å². The van der Waals surface area contributed by atoms with Crippen LogP contribution >= 0.6 is 0 Å². The molecule has 2 aromatic carbocycles. The zero-order valence-electron chi connectivity index (χ0n) is 13.5. The SMILES string of the molecule is Cc1ccc(C2=C/C(=C\c3ccc4c(c3)OCO4)C(=O)O2)cc1C. The van der Waals surface area contributed by atoms with Gasteiger partial charge in [0.2, 0.25) is 6.79 Å². The molecular weight excluding hydrogens is 304 g/mol. The lowest BCUT2D eigenvalue weighted by molar-refractivity contribution is -0.130. The number of carbonyl (C=O) groups is 1. The molecule has 0 saturated heterocycles. The van der Waals surface area contributed by atoms with E-state index < -0.39 is 0 Å². The van der Waals surface area contributed by atoms with Crippen molar-refractivity contribution in [3.8, 4) is 11.5 Å². The molecule has 0 N–H and O–H groups in total. The van der Waals surface area contributed by atoms with E-state index in [1.165, 1.54) is 5.56 Å². The first-order valence-corrected chi connectivity index (χ1v) is 7.73. The highest BCUT2D eigenvalue weighted by molar-refractivity contribution is 6.05. The maximum Gasteiger partial charge on any atom is 0.343 e. The highest BCUT2D eigenvalue weighted by atomic mass is 16.7. The molecule has 4 heteroatoms. The molecule has 0 amide bonds. The van der Waals surface area contributed by atoms with Gasteiger partial charge in [0.15, 0.2) is 11.5 Å². The van der Waals surface area contributed by atoms with Crippen molar-refractivity contribution in [2.24, 2.45) is 0 Å². The number of esters is 1. The predicted molar refractivity (Wildman–Crippen MR) is 90.5 cm³/mol. The second-order valence-electron chi connectivity index (χ2n) is 5.91. The number of rotatable bonds is 2. The fourth-order valence-electron chi connectivity index (χ4n) is 2.71. The molecule has 120 valence electrons. The van der Waals surface area contributed by atoms with Gasteiger partial charge in [-0.2, -0.15) is 0 Å². The molecule has 0 unspecified atom stereocenters. The first-order valence-electron chi connectivity index (χ1n) is 7.73. The van der Waals surface area contributed by atoms with Crippen LogP contribution in [0.1, 0.15) is 22.3 Å². The van der Waals surface area contributed by atoms with Crippen LogP contribution in [0.3, 0.4) is 0 Å². The van der Waals surface area contributed by atoms with Gasteiger partial charge in [0, 0.05) is 5.56 Å². The quantitative estimate of drug-likeness (QED) is 0.619. The number of aryl methyl sites for hydroxylation is 2. The van der Waals surface area contributed by atoms with E-state index in [1.807, 2.05) is 43.3 Å². The maximum absolute atomic E-state index is 12.1. The summed E-state index contributed by atoms with van der Waals surface area (Å²) in [4.78, 5) is 12.1. The molecule has 0 atom stereocenters. The monoisotopic (exact) mass is 320 g/mol. The van der Waals surface area contributed by atoms with E-state index in [2.05, 4.69) is 6.92 Å². The molecule has 0 aromatic heterocycles. The molecule has 2 aromatic rings. The summed E-state index contributed by atoms with van der Waals surface area (Å²) in [6.45, 7) is 4.33. The van der Waals surface area contributed by atoms with E-state index in [0.29, 0.717) is 17.1 Å². The molecule has 0 fully saturated rings. The van der Waals surface area contributed by atoms with Crippen molar-refractivity contribution < 1.29 is 19.0 Å². The molecule has 0 aliphatic carbocycles. The average molecular weight is 320 g/mol. The Morgan fingerprint density at radius 3 is 2.62 bits per heavy atom. The summed E-state index contributed by atoms with van der Waals surface area (Å²) in [5, 5.41) is 0. The predicted octanol–water partition coefficient (Wildman–Crippen LogP) is 4.01. The molecule has 2 aliphatic rings. The molecule has 2 aliphatic heterocycles. The van der Waals surface area contributed by atoms with Gasteiger partial charge in [-0.3, -0.25) is 0 Å². The molecule has 0 bridgehead atoms. The number of hydrogen-bond donors (Lipinski definition) is 0. The van der Waals surface area contributed by atoms with Crippen LogP contribution < -0.4 is 9.47 Å². The second kappa shape index (κ2) is 5.57. The number of benzene rings is 2. The van der Waals surface area contributed by atoms with E-state index in [4.69, 9.17) is 14.2 Å². The zero-order chi connectivity index (χ0) is 16.7. The van der Waals surface area contributed by atoms with Crippen LogP contribution in [0.5, 0.6) is 11.5 Å². The average Bonchev–Trinajstić information content (AvgIpc) is 3.17. The summed E-state index contributed by atoms with van der Waals surface area (Å²) in [6.07, 6.45) is 3.56. The topological polar surface area (TPSA) is 44.8 Å². The van der Waals surface area contributed by atoms with Crippen molar-refractivity contribution in [3.05, 3.63) is 70.3 Å². The largest absolute Gasteiger partial charge is 0.454 e. The number of fused-ring (bicyclic) bond motifs is 1. The van der Waals surface area contributed by atoms with Crippen molar-refractivity contribution in [2.75, 3.05) is 6.79 Å². The van der Waals surface area contributed by atoms with E-state index in [1.54, 1.807) is 12.2 Å². The molecule has 4 nitrogen and oxygen atoms in total. The van der Waals surface area contributed by atoms with Crippen molar-refractivity contribution >= 4 is 17.8 Å². The first-order chi connectivity index (χ1) is 11.6. The van der Waals surface area contributed by atoms with Crippen LogP contribution in [-0.2, 0) is 9.53 Å². The second-order valence-corrected chi connectivity index (χ2v) is 5.91. The Labute approximate surface area is 140 Å². The molecule has 0 saturated carbocycles. The van der Waals surface area contributed by atoms with Crippen LogP contribution in [0.25, 0.3) is 11.8 Å². The van der Waals surface area contributed by atoms with Gasteiger partial charge in [0.1, 0.15) is 5.76 Å². The third-order valence-electron chi connectivity index (χ3n) is 4.24. The Kier molecular flexibility index (Phi) is 3.38. The number of hydrogen-bond acceptors (Lipinski definition) is 4. The highest BCUT2D eigenvalue weighted by Crippen LogP contribution is 2.34. The lowest BCUT2D eigenvalue weighted by Crippen LogP contribution is -1.97. The van der Waals surface area contributed by atoms with Gasteiger partial charge in [0.05, 0.1) is 5.57 Å². The minimum Gasteiger partial charge on any atom is -0.454 e. The van der Waals surface area contributed by atoms with E-state index in [9.17, 15) is 4.79 Å². The van der Waals surface area contributed by atoms with Gasteiger partial charge in [-0.05, 0) is 60.9 Å². The normalized spacial score (nSPS) is 17.2. The minimum absolute atomic E-state index is 0.230. The number of ether oxygens (including phenoxy) is 3.